The molecule has 0 bridgehead atoms. The van der Waals surface area contributed by atoms with Crippen LogP contribution in [0.25, 0.3) is 16.9 Å². The zero-order valence-electron chi connectivity index (χ0n) is 13.2. The quantitative estimate of drug-likeness (QED) is 0.572. The summed E-state index contributed by atoms with van der Waals surface area (Å²) in [6.45, 7) is 2.03. The molecule has 3 rings (SSSR count). The first-order valence-corrected chi connectivity index (χ1v) is 7.45. The number of nitrogens with one attached hydrogen (secondary N) is 1. The largest absolute Gasteiger partial charge is 0.350 e. The molecule has 0 radical (unpaired) electrons. The lowest BCUT2D eigenvalue weighted by Crippen LogP contribution is -2.24. The zero-order valence-corrected chi connectivity index (χ0v) is 13.2. The highest BCUT2D eigenvalue weighted by atomic mass is 16.2. The highest BCUT2D eigenvalue weighted by Crippen LogP contribution is 2.23. The summed E-state index contributed by atoms with van der Waals surface area (Å²) in [6.07, 6.45) is 3.41. The minimum atomic E-state index is -0.709. The van der Waals surface area contributed by atoms with E-state index in [2.05, 4.69) is 10.5 Å². The molecule has 0 unspecified atom stereocenters. The lowest BCUT2D eigenvalue weighted by molar-refractivity contribution is 0.249. The fourth-order valence-electron chi connectivity index (χ4n) is 2.41. The minimum absolute atomic E-state index is 0.709. The number of hydrogen-bond acceptors (Lipinski definition) is 3. The number of nitrogens with zero attached hydrogens (tertiary/aromatic N) is 3. The van der Waals surface area contributed by atoms with E-state index >= 15 is 0 Å². The molecule has 0 aliphatic rings. The Labute approximate surface area is 139 Å². The van der Waals surface area contributed by atoms with Gasteiger partial charge < -0.3 is 5.73 Å². The Morgan fingerprint density at radius 1 is 1.17 bits per heavy atom. The number of para-hydroxylation sites is 1. The van der Waals surface area contributed by atoms with Crippen molar-refractivity contribution < 1.29 is 4.79 Å². The highest BCUT2D eigenvalue weighted by molar-refractivity contribution is 5.89. The standard InChI is InChI=1S/C18H17N5O/c1-13-7-5-6-10-16(13)23-12-15(11-20-21-18(19)24)17(22-23)14-8-3-2-4-9-14/h2-12H,1H3,(H3,19,21,24)/b20-11-. The average Bonchev–Trinajstić information content (AvgIpc) is 3.00. The molecule has 0 aliphatic carbocycles. The Bertz CT molecular complexity index is 883. The van der Waals surface area contributed by atoms with Gasteiger partial charge in [-0.2, -0.15) is 10.2 Å². The first-order valence-electron chi connectivity index (χ1n) is 7.45. The minimum Gasteiger partial charge on any atom is -0.350 e. The summed E-state index contributed by atoms with van der Waals surface area (Å²) in [5.41, 5.74) is 11.8. The number of primary amides is 1. The SMILES string of the molecule is Cc1ccccc1-n1cc(/C=N\NC(N)=O)c(-c2ccccc2)n1. The summed E-state index contributed by atoms with van der Waals surface area (Å²) in [4.78, 5) is 10.8. The summed E-state index contributed by atoms with van der Waals surface area (Å²) < 4.78 is 1.81. The van der Waals surface area contributed by atoms with Crippen molar-refractivity contribution in [1.82, 2.24) is 15.2 Å². The average molecular weight is 319 g/mol. The summed E-state index contributed by atoms with van der Waals surface area (Å²) >= 11 is 0. The second-order valence-electron chi connectivity index (χ2n) is 5.26. The van der Waals surface area contributed by atoms with E-state index in [1.807, 2.05) is 72.4 Å². The van der Waals surface area contributed by atoms with Crippen LogP contribution in [0.4, 0.5) is 4.79 Å². The molecule has 6 nitrogen and oxygen atoms in total. The molecule has 0 atom stereocenters. The first-order chi connectivity index (χ1) is 11.6. The fraction of sp³-hybridized carbons (Fsp3) is 0.0556. The Morgan fingerprint density at radius 2 is 1.88 bits per heavy atom. The number of aromatic nitrogens is 2. The van der Waals surface area contributed by atoms with Gasteiger partial charge in [0.15, 0.2) is 0 Å². The predicted octanol–water partition coefficient (Wildman–Crippen LogP) is 2.85. The lowest BCUT2D eigenvalue weighted by atomic mass is 10.1. The lowest BCUT2D eigenvalue weighted by Gasteiger charge is -2.04. The van der Waals surface area contributed by atoms with E-state index in [1.165, 1.54) is 6.21 Å². The number of rotatable bonds is 4. The van der Waals surface area contributed by atoms with E-state index < -0.39 is 6.03 Å². The van der Waals surface area contributed by atoms with Crippen LogP contribution in [-0.2, 0) is 0 Å². The van der Waals surface area contributed by atoms with Crippen LogP contribution in [0.1, 0.15) is 11.1 Å². The number of carbonyl (C=O) groups excluding carboxylic acids is 1. The summed E-state index contributed by atoms with van der Waals surface area (Å²) in [5, 5.41) is 8.54. The Kier molecular flexibility index (Phi) is 4.38. The molecule has 3 aromatic rings. The van der Waals surface area contributed by atoms with Gasteiger partial charge in [-0.1, -0.05) is 48.5 Å². The van der Waals surface area contributed by atoms with Gasteiger partial charge >= 0.3 is 6.03 Å². The van der Waals surface area contributed by atoms with Crippen LogP contribution in [0.5, 0.6) is 0 Å². The van der Waals surface area contributed by atoms with Gasteiger partial charge in [0, 0.05) is 17.3 Å². The molecular weight excluding hydrogens is 302 g/mol. The van der Waals surface area contributed by atoms with Crippen LogP contribution in [0, 0.1) is 6.92 Å². The number of nitrogens with two attached hydrogens (primary N) is 1. The Hall–Kier alpha value is -3.41. The van der Waals surface area contributed by atoms with E-state index in [4.69, 9.17) is 10.8 Å². The van der Waals surface area contributed by atoms with E-state index in [-0.39, 0.29) is 0 Å². The molecule has 0 saturated carbocycles. The van der Waals surface area contributed by atoms with Gasteiger partial charge in [0.2, 0.25) is 0 Å². The summed E-state index contributed by atoms with van der Waals surface area (Å²) in [7, 11) is 0. The smallest absolute Gasteiger partial charge is 0.332 e. The number of aryl methyl sites for hydroxylation is 1. The second-order valence-corrected chi connectivity index (χ2v) is 5.26. The van der Waals surface area contributed by atoms with E-state index in [9.17, 15) is 4.79 Å². The van der Waals surface area contributed by atoms with Crippen molar-refractivity contribution in [3.8, 4) is 16.9 Å². The van der Waals surface area contributed by atoms with Gasteiger partial charge in [-0.05, 0) is 18.6 Å². The molecular formula is C18H17N5O. The van der Waals surface area contributed by atoms with E-state index in [0.29, 0.717) is 0 Å². The molecule has 1 heterocycles. The molecule has 24 heavy (non-hydrogen) atoms. The number of benzene rings is 2. The van der Waals surface area contributed by atoms with Crippen LogP contribution >= 0.6 is 0 Å². The number of hydrogen-bond donors (Lipinski definition) is 2. The maximum Gasteiger partial charge on any atom is 0.332 e. The van der Waals surface area contributed by atoms with Gasteiger partial charge in [0.25, 0.3) is 0 Å². The van der Waals surface area contributed by atoms with Crippen LogP contribution in [0.2, 0.25) is 0 Å². The van der Waals surface area contributed by atoms with Gasteiger partial charge in [-0.3, -0.25) is 0 Å². The van der Waals surface area contributed by atoms with Crippen molar-refractivity contribution in [2.24, 2.45) is 10.8 Å². The number of urea groups is 1. The molecule has 2 amide bonds. The van der Waals surface area contributed by atoms with Crippen LogP contribution in [0.3, 0.4) is 0 Å². The van der Waals surface area contributed by atoms with E-state index in [1.54, 1.807) is 0 Å². The molecule has 2 aromatic carbocycles. The van der Waals surface area contributed by atoms with Gasteiger partial charge in [0.05, 0.1) is 11.9 Å². The van der Waals surface area contributed by atoms with Crippen molar-refractivity contribution in [3.05, 3.63) is 71.9 Å². The molecule has 6 heteroatoms. The summed E-state index contributed by atoms with van der Waals surface area (Å²) in [5.74, 6) is 0. The highest BCUT2D eigenvalue weighted by Gasteiger charge is 2.11. The number of amides is 2. The Balaban J connectivity index is 2.07. The predicted molar refractivity (Wildman–Crippen MR) is 94.1 cm³/mol. The summed E-state index contributed by atoms with van der Waals surface area (Å²) in [6, 6.07) is 17.1. The fourth-order valence-corrected chi connectivity index (χ4v) is 2.41. The van der Waals surface area contributed by atoms with Crippen LogP contribution in [0.15, 0.2) is 65.9 Å². The molecule has 0 aliphatic heterocycles. The maximum absolute atomic E-state index is 10.8. The molecule has 3 N–H and O–H groups in total. The molecule has 120 valence electrons. The van der Waals surface area contributed by atoms with Crippen LogP contribution in [-0.4, -0.2) is 22.0 Å². The van der Waals surface area contributed by atoms with Crippen molar-refractivity contribution in [2.45, 2.75) is 6.92 Å². The zero-order chi connectivity index (χ0) is 16.9. The van der Waals surface area contributed by atoms with Crippen molar-refractivity contribution in [3.63, 3.8) is 0 Å². The third kappa shape index (κ3) is 3.33. The van der Waals surface area contributed by atoms with Crippen molar-refractivity contribution in [1.29, 1.82) is 0 Å². The maximum atomic E-state index is 10.8. The third-order valence-electron chi connectivity index (χ3n) is 3.53. The van der Waals surface area contributed by atoms with Crippen molar-refractivity contribution in [2.75, 3.05) is 0 Å². The van der Waals surface area contributed by atoms with Gasteiger partial charge in [-0.15, -0.1) is 0 Å². The molecule has 0 saturated heterocycles. The molecule has 0 spiro atoms. The normalized spacial score (nSPS) is 10.9. The van der Waals surface area contributed by atoms with Gasteiger partial charge in [-0.25, -0.2) is 14.9 Å². The monoisotopic (exact) mass is 319 g/mol. The molecule has 0 fully saturated rings. The number of hydrazone groups is 1. The second kappa shape index (κ2) is 6.78. The topological polar surface area (TPSA) is 85.3 Å². The van der Waals surface area contributed by atoms with Crippen LogP contribution < -0.4 is 11.2 Å². The Morgan fingerprint density at radius 3 is 2.58 bits per heavy atom. The molecule has 1 aromatic heterocycles. The third-order valence-corrected chi connectivity index (χ3v) is 3.53. The number of carbonyl (C=O) groups is 1. The van der Waals surface area contributed by atoms with E-state index in [0.717, 1.165) is 28.1 Å². The van der Waals surface area contributed by atoms with Crippen molar-refractivity contribution >= 4 is 12.2 Å². The van der Waals surface area contributed by atoms with Gasteiger partial charge in [0.1, 0.15) is 5.69 Å². The first kappa shape index (κ1) is 15.5.